The standard InChI is InChI=1S/C10H14N6/c11-9-3-1-4-10(14-9)12-5-2-7-16-8-6-13-15-16/h1,3-4,6,8H,2,5,7H2,(H3,11,12,14). The van der Waals surface area contributed by atoms with Crippen molar-refractivity contribution in [2.75, 3.05) is 17.6 Å². The summed E-state index contributed by atoms with van der Waals surface area (Å²) in [5, 5.41) is 10.8. The highest BCUT2D eigenvalue weighted by Crippen LogP contribution is 2.05. The molecule has 0 saturated heterocycles. The van der Waals surface area contributed by atoms with Gasteiger partial charge >= 0.3 is 0 Å². The van der Waals surface area contributed by atoms with Gasteiger partial charge in [0.15, 0.2) is 0 Å². The van der Waals surface area contributed by atoms with Gasteiger partial charge in [0.25, 0.3) is 0 Å². The minimum Gasteiger partial charge on any atom is -0.384 e. The lowest BCUT2D eigenvalue weighted by molar-refractivity contribution is 0.569. The van der Waals surface area contributed by atoms with E-state index in [1.807, 2.05) is 18.3 Å². The van der Waals surface area contributed by atoms with Crippen LogP contribution in [0.1, 0.15) is 6.42 Å². The lowest BCUT2D eigenvalue weighted by Gasteiger charge is -2.05. The van der Waals surface area contributed by atoms with Crippen molar-refractivity contribution < 1.29 is 0 Å². The van der Waals surface area contributed by atoms with Crippen molar-refractivity contribution in [2.24, 2.45) is 0 Å². The highest BCUT2D eigenvalue weighted by molar-refractivity contribution is 5.41. The Morgan fingerprint density at radius 3 is 3.06 bits per heavy atom. The lowest BCUT2D eigenvalue weighted by Crippen LogP contribution is -2.08. The number of hydrogen-bond acceptors (Lipinski definition) is 5. The van der Waals surface area contributed by atoms with Gasteiger partial charge in [-0.2, -0.15) is 0 Å². The third-order valence-corrected chi connectivity index (χ3v) is 2.11. The fourth-order valence-electron chi connectivity index (χ4n) is 1.36. The molecule has 0 spiro atoms. The summed E-state index contributed by atoms with van der Waals surface area (Å²) < 4.78 is 1.80. The molecule has 0 bridgehead atoms. The number of rotatable bonds is 5. The Morgan fingerprint density at radius 2 is 2.31 bits per heavy atom. The minimum absolute atomic E-state index is 0.529. The molecule has 6 nitrogen and oxygen atoms in total. The summed E-state index contributed by atoms with van der Waals surface area (Å²) in [6, 6.07) is 5.54. The van der Waals surface area contributed by atoms with E-state index in [2.05, 4.69) is 20.6 Å². The van der Waals surface area contributed by atoms with Crippen LogP contribution in [0.3, 0.4) is 0 Å². The van der Waals surface area contributed by atoms with Crippen LogP contribution in [0.15, 0.2) is 30.6 Å². The van der Waals surface area contributed by atoms with Crippen LogP contribution in [0.4, 0.5) is 11.6 Å². The summed E-state index contributed by atoms with van der Waals surface area (Å²) in [5.41, 5.74) is 5.57. The summed E-state index contributed by atoms with van der Waals surface area (Å²) in [4.78, 5) is 4.14. The van der Waals surface area contributed by atoms with Gasteiger partial charge in [-0.1, -0.05) is 11.3 Å². The second-order valence-corrected chi connectivity index (χ2v) is 3.39. The van der Waals surface area contributed by atoms with E-state index in [0.29, 0.717) is 5.82 Å². The molecular formula is C10H14N6. The first-order valence-electron chi connectivity index (χ1n) is 5.15. The molecule has 2 aromatic rings. The number of nitrogen functional groups attached to an aromatic ring is 1. The molecule has 0 aromatic carbocycles. The van der Waals surface area contributed by atoms with Gasteiger partial charge in [0.2, 0.25) is 0 Å². The summed E-state index contributed by atoms with van der Waals surface area (Å²) >= 11 is 0. The Kier molecular flexibility index (Phi) is 3.32. The van der Waals surface area contributed by atoms with Crippen molar-refractivity contribution in [3.05, 3.63) is 30.6 Å². The number of pyridine rings is 1. The molecule has 0 unspecified atom stereocenters. The van der Waals surface area contributed by atoms with Gasteiger partial charge in [-0.15, -0.1) is 5.10 Å². The average molecular weight is 218 g/mol. The third kappa shape index (κ3) is 2.94. The molecule has 6 heteroatoms. The van der Waals surface area contributed by atoms with Crippen molar-refractivity contribution in [1.82, 2.24) is 20.0 Å². The first-order valence-corrected chi connectivity index (χ1v) is 5.15. The summed E-state index contributed by atoms with van der Waals surface area (Å²) in [5.74, 6) is 1.33. The molecule has 2 rings (SSSR count). The number of nitrogens with two attached hydrogens (primary N) is 1. The van der Waals surface area contributed by atoms with Crippen molar-refractivity contribution in [2.45, 2.75) is 13.0 Å². The van der Waals surface area contributed by atoms with E-state index in [-0.39, 0.29) is 0 Å². The number of anilines is 2. The number of aryl methyl sites for hydroxylation is 1. The molecule has 3 N–H and O–H groups in total. The zero-order valence-electron chi connectivity index (χ0n) is 8.87. The topological polar surface area (TPSA) is 81.6 Å². The molecule has 0 radical (unpaired) electrons. The largest absolute Gasteiger partial charge is 0.384 e. The van der Waals surface area contributed by atoms with Crippen LogP contribution in [0, 0.1) is 0 Å². The zero-order chi connectivity index (χ0) is 11.2. The molecule has 0 aliphatic carbocycles. The maximum Gasteiger partial charge on any atom is 0.128 e. The Hall–Kier alpha value is -2.11. The Bertz CT molecular complexity index is 425. The molecule has 0 amide bonds. The van der Waals surface area contributed by atoms with Crippen molar-refractivity contribution in [3.8, 4) is 0 Å². The smallest absolute Gasteiger partial charge is 0.128 e. The molecule has 0 fully saturated rings. The van der Waals surface area contributed by atoms with Crippen LogP contribution < -0.4 is 11.1 Å². The Balaban J connectivity index is 1.72. The van der Waals surface area contributed by atoms with Crippen molar-refractivity contribution in [1.29, 1.82) is 0 Å². The lowest BCUT2D eigenvalue weighted by atomic mass is 10.4. The Morgan fingerprint density at radius 1 is 1.38 bits per heavy atom. The highest BCUT2D eigenvalue weighted by atomic mass is 15.4. The molecular weight excluding hydrogens is 204 g/mol. The molecule has 0 saturated carbocycles. The SMILES string of the molecule is Nc1cccc(NCCCn2ccnn2)n1. The maximum absolute atomic E-state index is 5.57. The van der Waals surface area contributed by atoms with Crippen molar-refractivity contribution in [3.63, 3.8) is 0 Å². The number of hydrogen-bond donors (Lipinski definition) is 2. The normalized spacial score (nSPS) is 10.2. The van der Waals surface area contributed by atoms with E-state index >= 15 is 0 Å². The maximum atomic E-state index is 5.57. The number of nitrogens with zero attached hydrogens (tertiary/aromatic N) is 4. The molecule has 0 aliphatic rings. The molecule has 2 heterocycles. The quantitative estimate of drug-likeness (QED) is 0.724. The van der Waals surface area contributed by atoms with Crippen LogP contribution in [0.2, 0.25) is 0 Å². The predicted octanol–water partition coefficient (Wildman–Crippen LogP) is 0.757. The van der Waals surface area contributed by atoms with E-state index in [9.17, 15) is 0 Å². The summed E-state index contributed by atoms with van der Waals surface area (Å²) in [7, 11) is 0. The zero-order valence-corrected chi connectivity index (χ0v) is 8.87. The van der Waals surface area contributed by atoms with E-state index in [0.717, 1.165) is 25.3 Å². The molecule has 84 valence electrons. The first kappa shape index (κ1) is 10.4. The predicted molar refractivity (Wildman–Crippen MR) is 61.8 cm³/mol. The fraction of sp³-hybridized carbons (Fsp3) is 0.300. The van der Waals surface area contributed by atoms with Crippen LogP contribution in [-0.4, -0.2) is 26.5 Å². The second-order valence-electron chi connectivity index (χ2n) is 3.39. The fourth-order valence-corrected chi connectivity index (χ4v) is 1.36. The van der Waals surface area contributed by atoms with Crippen LogP contribution in [0.25, 0.3) is 0 Å². The average Bonchev–Trinajstić information content (AvgIpc) is 2.77. The minimum atomic E-state index is 0.529. The van der Waals surface area contributed by atoms with Gasteiger partial charge in [0.05, 0.1) is 6.20 Å². The second kappa shape index (κ2) is 5.11. The number of nitrogens with one attached hydrogen (secondary N) is 1. The van der Waals surface area contributed by atoms with Gasteiger partial charge in [-0.05, 0) is 18.6 Å². The van der Waals surface area contributed by atoms with Crippen LogP contribution in [0.5, 0.6) is 0 Å². The molecule has 0 atom stereocenters. The Labute approximate surface area is 93.5 Å². The van der Waals surface area contributed by atoms with E-state index in [4.69, 9.17) is 5.73 Å². The van der Waals surface area contributed by atoms with Crippen LogP contribution >= 0.6 is 0 Å². The van der Waals surface area contributed by atoms with Gasteiger partial charge in [-0.3, -0.25) is 4.68 Å². The number of aromatic nitrogens is 4. The third-order valence-electron chi connectivity index (χ3n) is 2.11. The van der Waals surface area contributed by atoms with E-state index < -0.39 is 0 Å². The monoisotopic (exact) mass is 218 g/mol. The summed E-state index contributed by atoms with van der Waals surface area (Å²) in [6.45, 7) is 1.67. The first-order chi connectivity index (χ1) is 7.84. The molecule has 0 aliphatic heterocycles. The van der Waals surface area contributed by atoms with Gasteiger partial charge in [-0.25, -0.2) is 4.98 Å². The van der Waals surface area contributed by atoms with E-state index in [1.165, 1.54) is 0 Å². The molecule has 16 heavy (non-hydrogen) atoms. The van der Waals surface area contributed by atoms with Gasteiger partial charge < -0.3 is 11.1 Å². The van der Waals surface area contributed by atoms with Crippen LogP contribution in [-0.2, 0) is 6.54 Å². The molecule has 2 aromatic heterocycles. The van der Waals surface area contributed by atoms with Crippen molar-refractivity contribution >= 4 is 11.6 Å². The van der Waals surface area contributed by atoms with E-state index in [1.54, 1.807) is 16.9 Å². The van der Waals surface area contributed by atoms with Gasteiger partial charge in [0.1, 0.15) is 11.6 Å². The summed E-state index contributed by atoms with van der Waals surface area (Å²) in [6.07, 6.45) is 4.48. The van der Waals surface area contributed by atoms with Gasteiger partial charge in [0, 0.05) is 19.3 Å². The highest BCUT2D eigenvalue weighted by Gasteiger charge is 1.95.